The van der Waals surface area contributed by atoms with Gasteiger partial charge in [-0.25, -0.2) is 4.79 Å². The fourth-order valence-electron chi connectivity index (χ4n) is 2.36. The van der Waals surface area contributed by atoms with E-state index in [0.717, 1.165) is 12.7 Å². The van der Waals surface area contributed by atoms with E-state index in [9.17, 15) is 14.7 Å². The Bertz CT molecular complexity index is 930. The summed E-state index contributed by atoms with van der Waals surface area (Å²) in [4.78, 5) is 23.3. The summed E-state index contributed by atoms with van der Waals surface area (Å²) < 4.78 is 9.08. The Morgan fingerprint density at radius 3 is 2.07 bits per heavy atom. The van der Waals surface area contributed by atoms with Crippen molar-refractivity contribution < 1.29 is 24.5 Å². The molecule has 30 heavy (non-hydrogen) atoms. The molecule has 0 aromatic heterocycles. The fourth-order valence-corrected chi connectivity index (χ4v) is 6.43. The highest BCUT2D eigenvalue weighted by atomic mass is 127. The van der Waals surface area contributed by atoms with E-state index in [-0.39, 0.29) is 17.9 Å². The second kappa shape index (κ2) is 11.9. The zero-order chi connectivity index (χ0) is 22.6. The molecule has 5 N–H and O–H groups in total. The molecule has 0 fully saturated rings. The minimum absolute atomic E-state index is 0.0231. The third kappa shape index (κ3) is 7.11. The average molecular weight is 880 g/mol. The lowest BCUT2D eigenvalue weighted by atomic mass is 10.1. The second-order valence-electron chi connectivity index (χ2n) is 6.12. The minimum Gasteiger partial charge on any atom is -0.506 e. The molecule has 0 aliphatic carbocycles. The lowest BCUT2D eigenvalue weighted by molar-refractivity contribution is -0.141. The van der Waals surface area contributed by atoms with Crippen molar-refractivity contribution in [1.82, 2.24) is 5.32 Å². The third-order valence-electron chi connectivity index (χ3n) is 3.86. The van der Waals surface area contributed by atoms with Crippen molar-refractivity contribution in [3.8, 4) is 17.2 Å². The number of amides is 1. The smallest absolute Gasteiger partial charge is 0.327 e. The first-order chi connectivity index (χ1) is 14.0. The minimum atomic E-state index is -1.16. The first kappa shape index (κ1) is 26.5. The van der Waals surface area contributed by atoms with E-state index in [1.807, 2.05) is 57.3 Å². The van der Waals surface area contributed by atoms with Crippen LogP contribution in [-0.4, -0.2) is 39.9 Å². The molecule has 7 nitrogen and oxygen atoms in total. The highest BCUT2D eigenvalue weighted by Gasteiger charge is 2.23. The number of carboxylic acids is 1. The number of carbonyl (C=O) groups is 2. The number of rotatable bonds is 8. The molecule has 2 atom stereocenters. The van der Waals surface area contributed by atoms with Crippen LogP contribution in [0.2, 0.25) is 0 Å². The average Bonchev–Trinajstić information content (AvgIpc) is 2.66. The third-order valence-corrected chi connectivity index (χ3v) is 7.47. The molecule has 0 saturated carbocycles. The molecule has 1 unspecified atom stereocenters. The van der Waals surface area contributed by atoms with Crippen molar-refractivity contribution in [2.24, 2.45) is 5.73 Å². The largest absolute Gasteiger partial charge is 0.506 e. The van der Waals surface area contributed by atoms with Crippen molar-refractivity contribution in [1.29, 1.82) is 0 Å². The van der Waals surface area contributed by atoms with E-state index < -0.39 is 24.0 Å². The molecule has 1 amide bonds. The summed E-state index contributed by atoms with van der Waals surface area (Å²) in [5, 5.41) is 21.3. The molecule has 12 heteroatoms. The topological polar surface area (TPSA) is 122 Å². The van der Waals surface area contributed by atoms with Gasteiger partial charge in [0.15, 0.2) is 5.75 Å². The lowest BCUT2D eigenvalue weighted by Gasteiger charge is -2.17. The second-order valence-corrected chi connectivity index (χ2v) is 11.1. The molecule has 0 aliphatic rings. The van der Waals surface area contributed by atoms with Gasteiger partial charge in [0.25, 0.3) is 0 Å². The number of ether oxygens (including phenoxy) is 1. The van der Waals surface area contributed by atoms with Crippen LogP contribution in [0.25, 0.3) is 0 Å². The Hall–Kier alpha value is 0.210. The van der Waals surface area contributed by atoms with E-state index in [0.29, 0.717) is 18.6 Å². The van der Waals surface area contributed by atoms with Crippen LogP contribution in [0.4, 0.5) is 0 Å². The first-order valence-electron chi connectivity index (χ1n) is 8.26. The Morgan fingerprint density at radius 2 is 1.60 bits per heavy atom. The van der Waals surface area contributed by atoms with Crippen LogP contribution in [0.5, 0.6) is 17.2 Å². The van der Waals surface area contributed by atoms with E-state index >= 15 is 0 Å². The molecular formula is C18H16I4N2O5S. The van der Waals surface area contributed by atoms with Crippen LogP contribution >= 0.6 is 103 Å². The summed E-state index contributed by atoms with van der Waals surface area (Å²) >= 11 is 12.3. The van der Waals surface area contributed by atoms with Gasteiger partial charge in [-0.3, -0.25) is 4.79 Å². The number of hydrogen-bond donors (Lipinski definition) is 5. The zero-order valence-corrected chi connectivity index (χ0v) is 24.6. The number of hydrogen-bond acceptors (Lipinski definition) is 6. The number of halogens is 4. The standard InChI is InChI=1S/C18H16I4N2O5S/c19-9-4-8(5-10(20)15(9)25)29-16-11(21)1-7(2-12(16)22)3-13(23)17(26)24-14(6-30)18(27)28/h1-2,4-5,13-14,25,30H,3,6,23H2,(H,24,26)(H,27,28)/t13-,14?/m0/s1. The quantitative estimate of drug-likeness (QED) is 0.203. The predicted molar refractivity (Wildman–Crippen MR) is 151 cm³/mol. The van der Waals surface area contributed by atoms with Crippen molar-refractivity contribution in [3.63, 3.8) is 0 Å². The van der Waals surface area contributed by atoms with Gasteiger partial charge in [0.2, 0.25) is 5.91 Å². The summed E-state index contributed by atoms with van der Waals surface area (Å²) in [6.07, 6.45) is 0.242. The molecule has 0 saturated heterocycles. The molecule has 0 aliphatic heterocycles. The van der Waals surface area contributed by atoms with Gasteiger partial charge in [0.1, 0.15) is 17.5 Å². The zero-order valence-electron chi connectivity index (χ0n) is 15.0. The van der Waals surface area contributed by atoms with E-state index in [1.54, 1.807) is 12.1 Å². The molecule has 0 spiro atoms. The Balaban J connectivity index is 2.16. The van der Waals surface area contributed by atoms with Crippen LogP contribution in [0.3, 0.4) is 0 Å². The number of phenolic OH excluding ortho intramolecular Hbond substituents is 1. The summed E-state index contributed by atoms with van der Waals surface area (Å²) in [5.41, 5.74) is 6.80. The molecule has 2 aromatic carbocycles. The number of phenols is 1. The van der Waals surface area contributed by atoms with Gasteiger partial charge >= 0.3 is 5.97 Å². The van der Waals surface area contributed by atoms with Crippen molar-refractivity contribution >= 4 is 115 Å². The fraction of sp³-hybridized carbons (Fsp3) is 0.222. The van der Waals surface area contributed by atoms with Gasteiger partial charge in [0.05, 0.1) is 20.3 Å². The summed E-state index contributed by atoms with van der Waals surface area (Å²) in [5.74, 6) is -0.238. The monoisotopic (exact) mass is 880 g/mol. The molecule has 0 radical (unpaired) electrons. The predicted octanol–water partition coefficient (Wildman–Crippen LogP) is 3.97. The van der Waals surface area contributed by atoms with E-state index in [4.69, 9.17) is 15.6 Å². The van der Waals surface area contributed by atoms with E-state index in [1.165, 1.54) is 0 Å². The van der Waals surface area contributed by atoms with Crippen LogP contribution in [0, 0.1) is 14.3 Å². The van der Waals surface area contributed by atoms with Crippen LogP contribution in [-0.2, 0) is 16.0 Å². The number of carboxylic acid groups (broad SMARTS) is 1. The maximum absolute atomic E-state index is 12.2. The van der Waals surface area contributed by atoms with Gasteiger partial charge < -0.3 is 26.0 Å². The van der Waals surface area contributed by atoms with Gasteiger partial charge in [-0.05, 0) is 127 Å². The molecular weight excluding hydrogens is 864 g/mol. The first-order valence-corrected chi connectivity index (χ1v) is 13.2. The number of benzene rings is 2. The summed E-state index contributed by atoms with van der Waals surface area (Å²) in [6.45, 7) is 0. The lowest BCUT2D eigenvalue weighted by Crippen LogP contribution is -2.50. The highest BCUT2D eigenvalue weighted by Crippen LogP contribution is 2.36. The Morgan fingerprint density at radius 1 is 1.07 bits per heavy atom. The maximum Gasteiger partial charge on any atom is 0.327 e. The van der Waals surface area contributed by atoms with Gasteiger partial charge in [-0.1, -0.05) is 0 Å². The molecule has 2 aromatic rings. The Kier molecular flexibility index (Phi) is 10.5. The van der Waals surface area contributed by atoms with Crippen LogP contribution in [0.1, 0.15) is 5.56 Å². The molecule has 162 valence electrons. The van der Waals surface area contributed by atoms with Gasteiger partial charge in [0, 0.05) is 5.75 Å². The van der Waals surface area contributed by atoms with Crippen LogP contribution in [0.15, 0.2) is 24.3 Å². The molecule has 0 heterocycles. The number of nitrogens with one attached hydrogen (secondary N) is 1. The van der Waals surface area contributed by atoms with Crippen molar-refractivity contribution in [2.75, 3.05) is 5.75 Å². The molecule has 2 rings (SSSR count). The van der Waals surface area contributed by atoms with Gasteiger partial charge in [-0.2, -0.15) is 12.6 Å². The maximum atomic E-state index is 12.2. The summed E-state index contributed by atoms with van der Waals surface area (Å²) in [6, 6.07) is 5.25. The Labute approximate surface area is 233 Å². The summed E-state index contributed by atoms with van der Waals surface area (Å²) in [7, 11) is 0. The SMILES string of the molecule is N[C@@H](Cc1cc(I)c(Oc2cc(I)c(O)c(I)c2)c(I)c1)C(=O)NC(CS)C(=O)O. The number of aromatic hydroxyl groups is 1. The highest BCUT2D eigenvalue weighted by molar-refractivity contribution is 14.1. The van der Waals surface area contributed by atoms with Gasteiger partial charge in [-0.15, -0.1) is 0 Å². The normalized spacial score (nSPS) is 12.9. The van der Waals surface area contributed by atoms with Crippen molar-refractivity contribution in [2.45, 2.75) is 18.5 Å². The number of nitrogens with two attached hydrogens (primary N) is 1. The van der Waals surface area contributed by atoms with Crippen LogP contribution < -0.4 is 15.8 Å². The number of carbonyl (C=O) groups excluding carboxylic acids is 1. The van der Waals surface area contributed by atoms with Crippen molar-refractivity contribution in [3.05, 3.63) is 44.1 Å². The number of aliphatic carboxylic acids is 1. The number of thiol groups is 1. The van der Waals surface area contributed by atoms with E-state index in [2.05, 4.69) is 63.1 Å². The molecule has 0 bridgehead atoms.